The summed E-state index contributed by atoms with van der Waals surface area (Å²) in [6, 6.07) is 14.0. The lowest BCUT2D eigenvalue weighted by Gasteiger charge is -2.18. The Hall–Kier alpha value is -3.38. The molecule has 0 fully saturated rings. The monoisotopic (exact) mass is 415 g/mol. The smallest absolute Gasteiger partial charge is 0.255 e. The van der Waals surface area contributed by atoms with Crippen molar-refractivity contribution in [1.82, 2.24) is 19.4 Å². The minimum absolute atomic E-state index is 0.0953. The number of hydrogen-bond donors (Lipinski definition) is 2. The summed E-state index contributed by atoms with van der Waals surface area (Å²) in [7, 11) is 0. The van der Waals surface area contributed by atoms with E-state index in [0.717, 1.165) is 60.4 Å². The van der Waals surface area contributed by atoms with Crippen LogP contribution in [0.25, 0.3) is 22.0 Å². The average molecular weight is 416 g/mol. The quantitative estimate of drug-likeness (QED) is 0.409. The molecule has 4 aromatic rings. The Balaban J connectivity index is 1.62. The molecule has 0 amide bonds. The molecule has 0 radical (unpaired) electrons. The van der Waals surface area contributed by atoms with Crippen LogP contribution in [0, 0.1) is 0 Å². The molecule has 3 heterocycles. The molecule has 3 aromatic heterocycles. The number of anilines is 2. The van der Waals surface area contributed by atoms with Crippen LogP contribution < -0.4 is 10.9 Å². The summed E-state index contributed by atoms with van der Waals surface area (Å²) in [5.41, 5.74) is 4.41. The lowest BCUT2D eigenvalue weighted by Crippen LogP contribution is -2.24. The zero-order valence-corrected chi connectivity index (χ0v) is 18.1. The largest absolute Gasteiger partial charge is 0.354 e. The van der Waals surface area contributed by atoms with Crippen molar-refractivity contribution in [2.75, 3.05) is 25.0 Å². The van der Waals surface area contributed by atoms with E-state index in [0.29, 0.717) is 5.56 Å². The van der Waals surface area contributed by atoms with Gasteiger partial charge in [0.1, 0.15) is 0 Å². The zero-order chi connectivity index (χ0) is 21.6. The molecule has 0 atom stereocenters. The summed E-state index contributed by atoms with van der Waals surface area (Å²) >= 11 is 0. The maximum atomic E-state index is 12.7. The standard InChI is InChI=1S/C25H29N5O/c1-3-29(4-2)14-6-15-30-16-11-22-21(7-5-8-24(22)30)23-17-20(18-27-25(23)31)28-19-9-12-26-13-10-19/h5,7-13,16-18H,3-4,6,14-15H2,1-2H3,(H,26,28)(H,27,31). The minimum Gasteiger partial charge on any atom is -0.354 e. The number of aromatic nitrogens is 3. The molecule has 0 spiro atoms. The molecule has 0 unspecified atom stereocenters. The Kier molecular flexibility index (Phi) is 6.48. The molecule has 0 saturated carbocycles. The average Bonchev–Trinajstić information content (AvgIpc) is 3.22. The van der Waals surface area contributed by atoms with Crippen LogP contribution in [0.4, 0.5) is 11.4 Å². The van der Waals surface area contributed by atoms with Crippen LogP contribution in [0.2, 0.25) is 0 Å². The van der Waals surface area contributed by atoms with Crippen molar-refractivity contribution < 1.29 is 0 Å². The van der Waals surface area contributed by atoms with Gasteiger partial charge in [-0.1, -0.05) is 26.0 Å². The van der Waals surface area contributed by atoms with E-state index in [9.17, 15) is 4.79 Å². The maximum Gasteiger partial charge on any atom is 0.255 e. The first-order valence-electron chi connectivity index (χ1n) is 10.9. The third kappa shape index (κ3) is 4.70. The van der Waals surface area contributed by atoms with E-state index < -0.39 is 0 Å². The van der Waals surface area contributed by atoms with E-state index in [-0.39, 0.29) is 5.56 Å². The number of aromatic amines is 1. The SMILES string of the molecule is CCN(CC)CCCn1ccc2c(-c3cc(Nc4ccncc4)c[nH]c3=O)cccc21. The normalized spacial score (nSPS) is 11.3. The fourth-order valence-electron chi connectivity index (χ4n) is 4.02. The first-order chi connectivity index (χ1) is 15.2. The van der Waals surface area contributed by atoms with E-state index in [1.54, 1.807) is 18.6 Å². The fourth-order valence-corrected chi connectivity index (χ4v) is 4.02. The van der Waals surface area contributed by atoms with Gasteiger partial charge in [-0.2, -0.15) is 0 Å². The van der Waals surface area contributed by atoms with Crippen LogP contribution in [0.5, 0.6) is 0 Å². The van der Waals surface area contributed by atoms with Gasteiger partial charge in [-0.05, 0) is 62.0 Å². The summed E-state index contributed by atoms with van der Waals surface area (Å²) in [4.78, 5) is 22.0. The third-order valence-corrected chi connectivity index (χ3v) is 5.74. The molecule has 2 N–H and O–H groups in total. The molecule has 1 aromatic carbocycles. The maximum absolute atomic E-state index is 12.7. The first kappa shape index (κ1) is 20.9. The molecule has 4 rings (SSSR count). The molecule has 6 heteroatoms. The second-order valence-corrected chi connectivity index (χ2v) is 7.62. The molecule has 0 bridgehead atoms. The Morgan fingerprint density at radius 2 is 1.84 bits per heavy atom. The molecular weight excluding hydrogens is 386 g/mol. The summed E-state index contributed by atoms with van der Waals surface area (Å²) in [5, 5.41) is 4.42. The molecule has 160 valence electrons. The van der Waals surface area contributed by atoms with Gasteiger partial charge in [0.15, 0.2) is 0 Å². The second-order valence-electron chi connectivity index (χ2n) is 7.62. The van der Waals surface area contributed by atoms with Gasteiger partial charge in [-0.15, -0.1) is 0 Å². The van der Waals surface area contributed by atoms with Crippen LogP contribution in [0.3, 0.4) is 0 Å². The molecule has 0 saturated heterocycles. The highest BCUT2D eigenvalue weighted by atomic mass is 16.1. The van der Waals surface area contributed by atoms with E-state index in [4.69, 9.17) is 0 Å². The third-order valence-electron chi connectivity index (χ3n) is 5.74. The van der Waals surface area contributed by atoms with Gasteiger partial charge in [0, 0.05) is 53.5 Å². The van der Waals surface area contributed by atoms with Gasteiger partial charge in [-0.3, -0.25) is 9.78 Å². The number of rotatable bonds is 9. The zero-order valence-electron chi connectivity index (χ0n) is 18.1. The summed E-state index contributed by atoms with van der Waals surface area (Å²) < 4.78 is 2.29. The molecule has 0 aliphatic rings. The van der Waals surface area contributed by atoms with Crippen LogP contribution in [0.15, 0.2) is 72.0 Å². The van der Waals surface area contributed by atoms with Gasteiger partial charge >= 0.3 is 0 Å². The van der Waals surface area contributed by atoms with Crippen molar-refractivity contribution in [3.63, 3.8) is 0 Å². The number of nitrogens with one attached hydrogen (secondary N) is 2. The number of fused-ring (bicyclic) bond motifs is 1. The van der Waals surface area contributed by atoms with Gasteiger partial charge in [0.2, 0.25) is 0 Å². The van der Waals surface area contributed by atoms with E-state index in [1.807, 2.05) is 30.3 Å². The highest BCUT2D eigenvalue weighted by molar-refractivity contribution is 5.95. The van der Waals surface area contributed by atoms with Crippen molar-refractivity contribution in [2.45, 2.75) is 26.8 Å². The van der Waals surface area contributed by atoms with Crippen molar-refractivity contribution >= 4 is 22.3 Å². The lowest BCUT2D eigenvalue weighted by atomic mass is 10.0. The summed E-state index contributed by atoms with van der Waals surface area (Å²) in [5.74, 6) is 0. The van der Waals surface area contributed by atoms with Crippen molar-refractivity contribution in [3.8, 4) is 11.1 Å². The number of pyridine rings is 2. The molecular formula is C25H29N5O. The van der Waals surface area contributed by atoms with Gasteiger partial charge in [-0.25, -0.2) is 0 Å². The van der Waals surface area contributed by atoms with Crippen LogP contribution in [0.1, 0.15) is 20.3 Å². The Morgan fingerprint density at radius 3 is 2.61 bits per heavy atom. The first-order valence-corrected chi connectivity index (χ1v) is 10.9. The van der Waals surface area contributed by atoms with E-state index >= 15 is 0 Å². The van der Waals surface area contributed by atoms with Crippen LogP contribution >= 0.6 is 0 Å². The highest BCUT2D eigenvalue weighted by Gasteiger charge is 2.12. The van der Waals surface area contributed by atoms with E-state index in [2.05, 4.69) is 56.9 Å². The summed E-state index contributed by atoms with van der Waals surface area (Å²) in [6.45, 7) is 8.63. The summed E-state index contributed by atoms with van der Waals surface area (Å²) in [6.07, 6.45) is 8.40. The Bertz CT molecular complexity index is 1190. The minimum atomic E-state index is -0.0953. The van der Waals surface area contributed by atoms with E-state index in [1.165, 1.54) is 0 Å². The number of benzene rings is 1. The topological polar surface area (TPSA) is 66.0 Å². The Morgan fingerprint density at radius 1 is 1.03 bits per heavy atom. The van der Waals surface area contributed by atoms with Crippen molar-refractivity contribution in [3.05, 3.63) is 77.6 Å². The van der Waals surface area contributed by atoms with Crippen LogP contribution in [-0.4, -0.2) is 39.1 Å². The van der Waals surface area contributed by atoms with Gasteiger partial charge in [0.25, 0.3) is 5.56 Å². The molecule has 6 nitrogen and oxygen atoms in total. The fraction of sp³-hybridized carbons (Fsp3) is 0.280. The number of nitrogens with zero attached hydrogens (tertiary/aromatic N) is 3. The Labute approximate surface area is 182 Å². The second kappa shape index (κ2) is 9.62. The van der Waals surface area contributed by atoms with Crippen molar-refractivity contribution in [1.29, 1.82) is 0 Å². The van der Waals surface area contributed by atoms with Gasteiger partial charge < -0.3 is 19.8 Å². The predicted octanol–water partition coefficient (Wildman–Crippen LogP) is 4.87. The van der Waals surface area contributed by atoms with Crippen molar-refractivity contribution in [2.24, 2.45) is 0 Å². The lowest BCUT2D eigenvalue weighted by molar-refractivity contribution is 0.294. The molecule has 31 heavy (non-hydrogen) atoms. The predicted molar refractivity (Wildman–Crippen MR) is 128 cm³/mol. The van der Waals surface area contributed by atoms with Crippen LogP contribution in [-0.2, 0) is 6.54 Å². The molecule has 0 aliphatic carbocycles. The van der Waals surface area contributed by atoms with Gasteiger partial charge in [0.05, 0.1) is 5.69 Å². The molecule has 0 aliphatic heterocycles. The number of aryl methyl sites for hydroxylation is 1. The highest BCUT2D eigenvalue weighted by Crippen LogP contribution is 2.29. The number of hydrogen-bond acceptors (Lipinski definition) is 4. The number of H-pyrrole nitrogens is 1.